The topological polar surface area (TPSA) is 61.6 Å². The first kappa shape index (κ1) is 13.0. The smallest absolute Gasteiger partial charge is 0.320 e. The quantitative estimate of drug-likeness (QED) is 0.818. The number of hydrogen-bond acceptors (Lipinski definition) is 4. The van der Waals surface area contributed by atoms with Crippen LogP contribution in [0.25, 0.3) is 0 Å². The molecule has 1 unspecified atom stereocenters. The largest absolute Gasteiger partial charge is 0.480 e. The van der Waals surface area contributed by atoms with Gasteiger partial charge in [-0.3, -0.25) is 19.3 Å². The van der Waals surface area contributed by atoms with Gasteiger partial charge in [0.2, 0.25) is 0 Å². The summed E-state index contributed by atoms with van der Waals surface area (Å²) in [6.45, 7) is 6.09. The van der Waals surface area contributed by atoms with Crippen molar-refractivity contribution in [3.8, 4) is 0 Å². The molecule has 1 aromatic rings. The van der Waals surface area contributed by atoms with Crippen LogP contribution in [0.5, 0.6) is 0 Å². The molecule has 1 aliphatic heterocycles. The fourth-order valence-electron chi connectivity index (χ4n) is 2.28. The third-order valence-electron chi connectivity index (χ3n) is 3.48. The summed E-state index contributed by atoms with van der Waals surface area (Å²) in [7, 11) is 1.91. The Morgan fingerprint density at radius 1 is 1.44 bits per heavy atom. The van der Waals surface area contributed by atoms with Crippen LogP contribution >= 0.6 is 0 Å². The van der Waals surface area contributed by atoms with Gasteiger partial charge in [-0.2, -0.15) is 5.10 Å². The number of piperazine rings is 1. The second-order valence-electron chi connectivity index (χ2n) is 4.85. The van der Waals surface area contributed by atoms with E-state index in [0.29, 0.717) is 0 Å². The highest BCUT2D eigenvalue weighted by Gasteiger charge is 2.25. The molecule has 1 atom stereocenters. The molecule has 1 aliphatic rings. The molecule has 6 nitrogen and oxygen atoms in total. The molecule has 100 valence electrons. The van der Waals surface area contributed by atoms with Gasteiger partial charge in [0, 0.05) is 51.5 Å². The van der Waals surface area contributed by atoms with Crippen LogP contribution in [0.15, 0.2) is 12.4 Å². The van der Waals surface area contributed by atoms with Crippen LogP contribution < -0.4 is 0 Å². The highest BCUT2D eigenvalue weighted by atomic mass is 16.4. The van der Waals surface area contributed by atoms with Gasteiger partial charge in [0.15, 0.2) is 0 Å². The maximum absolute atomic E-state index is 10.9. The fraction of sp³-hybridized carbons (Fsp3) is 0.667. The number of nitrogens with zero attached hydrogens (tertiary/aromatic N) is 4. The predicted molar refractivity (Wildman–Crippen MR) is 67.2 cm³/mol. The van der Waals surface area contributed by atoms with E-state index in [2.05, 4.69) is 10.00 Å². The van der Waals surface area contributed by atoms with Gasteiger partial charge in [-0.1, -0.05) is 0 Å². The van der Waals surface area contributed by atoms with Crippen molar-refractivity contribution >= 4 is 5.97 Å². The van der Waals surface area contributed by atoms with Gasteiger partial charge in [-0.05, 0) is 6.92 Å². The van der Waals surface area contributed by atoms with E-state index in [9.17, 15) is 4.79 Å². The lowest BCUT2D eigenvalue weighted by Gasteiger charge is -2.36. The number of rotatable bonds is 4. The number of aliphatic carboxylic acids is 1. The first-order valence-electron chi connectivity index (χ1n) is 6.23. The van der Waals surface area contributed by atoms with E-state index < -0.39 is 5.97 Å². The average molecular weight is 252 g/mol. The van der Waals surface area contributed by atoms with E-state index in [0.717, 1.165) is 32.7 Å². The van der Waals surface area contributed by atoms with Crippen molar-refractivity contribution in [3.05, 3.63) is 18.0 Å². The Bertz CT molecular complexity index is 410. The summed E-state index contributed by atoms with van der Waals surface area (Å²) >= 11 is 0. The summed E-state index contributed by atoms with van der Waals surface area (Å²) in [5, 5.41) is 13.1. The van der Waals surface area contributed by atoms with Gasteiger partial charge in [-0.25, -0.2) is 0 Å². The zero-order valence-electron chi connectivity index (χ0n) is 10.9. The van der Waals surface area contributed by atoms with Crippen molar-refractivity contribution in [1.82, 2.24) is 19.6 Å². The summed E-state index contributed by atoms with van der Waals surface area (Å²) in [4.78, 5) is 15.3. The van der Waals surface area contributed by atoms with Gasteiger partial charge in [-0.15, -0.1) is 0 Å². The summed E-state index contributed by atoms with van der Waals surface area (Å²) in [6.07, 6.45) is 3.90. The van der Waals surface area contributed by atoms with Crippen molar-refractivity contribution in [2.45, 2.75) is 19.5 Å². The van der Waals surface area contributed by atoms with Crippen LogP contribution in [0.3, 0.4) is 0 Å². The van der Waals surface area contributed by atoms with Crippen LogP contribution in [0, 0.1) is 0 Å². The third-order valence-corrected chi connectivity index (χ3v) is 3.48. The molecule has 0 aromatic carbocycles. The number of carboxylic acid groups (broad SMARTS) is 1. The van der Waals surface area contributed by atoms with E-state index in [1.807, 2.05) is 24.3 Å². The van der Waals surface area contributed by atoms with Gasteiger partial charge in [0.05, 0.1) is 6.20 Å². The zero-order chi connectivity index (χ0) is 13.1. The molecule has 6 heteroatoms. The monoisotopic (exact) mass is 252 g/mol. The summed E-state index contributed by atoms with van der Waals surface area (Å²) in [5.74, 6) is -0.740. The summed E-state index contributed by atoms with van der Waals surface area (Å²) < 4.78 is 1.80. The Balaban J connectivity index is 1.81. The SMILES string of the molecule is CC(C(=O)O)N1CCN(Cc2cnn(C)c2)CC1. The highest BCUT2D eigenvalue weighted by Crippen LogP contribution is 2.10. The van der Waals surface area contributed by atoms with Crippen LogP contribution in [0.4, 0.5) is 0 Å². The molecule has 0 spiro atoms. The maximum atomic E-state index is 10.9. The van der Waals surface area contributed by atoms with E-state index in [-0.39, 0.29) is 6.04 Å². The highest BCUT2D eigenvalue weighted by molar-refractivity contribution is 5.72. The molecule has 0 bridgehead atoms. The number of aromatic nitrogens is 2. The van der Waals surface area contributed by atoms with Crippen LogP contribution in [-0.4, -0.2) is 62.9 Å². The number of carboxylic acids is 1. The molecule has 2 rings (SSSR count). The van der Waals surface area contributed by atoms with Gasteiger partial charge in [0.25, 0.3) is 0 Å². The van der Waals surface area contributed by atoms with E-state index >= 15 is 0 Å². The Hall–Kier alpha value is -1.40. The molecule has 0 amide bonds. The normalized spacial score (nSPS) is 19.9. The summed E-state index contributed by atoms with van der Waals surface area (Å²) in [6, 6.07) is -0.384. The second-order valence-corrected chi connectivity index (χ2v) is 4.85. The molecule has 0 radical (unpaired) electrons. The molecular formula is C12H20N4O2. The molecule has 2 heterocycles. The molecule has 18 heavy (non-hydrogen) atoms. The van der Waals surface area contributed by atoms with Gasteiger partial charge >= 0.3 is 5.97 Å². The van der Waals surface area contributed by atoms with Crippen molar-refractivity contribution in [2.24, 2.45) is 7.05 Å². The third kappa shape index (κ3) is 3.08. The minimum atomic E-state index is -0.740. The molecule has 1 N–H and O–H groups in total. The first-order valence-corrected chi connectivity index (χ1v) is 6.23. The van der Waals surface area contributed by atoms with Gasteiger partial charge in [0.1, 0.15) is 6.04 Å². The van der Waals surface area contributed by atoms with Crippen LogP contribution in [-0.2, 0) is 18.4 Å². The molecular weight excluding hydrogens is 232 g/mol. The minimum absolute atomic E-state index is 0.384. The van der Waals surface area contributed by atoms with Crippen molar-refractivity contribution in [3.63, 3.8) is 0 Å². The first-order chi connectivity index (χ1) is 8.56. The Labute approximate surface area is 107 Å². The molecule has 0 saturated carbocycles. The standard InChI is InChI=1S/C12H20N4O2/c1-10(12(17)18)16-5-3-15(4-6-16)9-11-7-13-14(2)8-11/h7-8,10H,3-6,9H2,1-2H3,(H,17,18). The maximum Gasteiger partial charge on any atom is 0.320 e. The number of aryl methyl sites for hydroxylation is 1. The lowest BCUT2D eigenvalue weighted by atomic mass is 10.2. The zero-order valence-corrected chi connectivity index (χ0v) is 10.9. The van der Waals surface area contributed by atoms with Gasteiger partial charge < -0.3 is 5.11 Å². The lowest BCUT2D eigenvalue weighted by molar-refractivity contribution is -0.143. The molecule has 1 saturated heterocycles. The Kier molecular flexibility index (Phi) is 3.98. The fourth-order valence-corrected chi connectivity index (χ4v) is 2.28. The Morgan fingerprint density at radius 2 is 2.11 bits per heavy atom. The second kappa shape index (κ2) is 5.49. The van der Waals surface area contributed by atoms with Crippen molar-refractivity contribution in [2.75, 3.05) is 26.2 Å². The number of carbonyl (C=O) groups is 1. The van der Waals surface area contributed by atoms with Crippen molar-refractivity contribution in [1.29, 1.82) is 0 Å². The average Bonchev–Trinajstić information content (AvgIpc) is 2.75. The van der Waals surface area contributed by atoms with Crippen LogP contribution in [0.1, 0.15) is 12.5 Å². The van der Waals surface area contributed by atoms with E-state index in [4.69, 9.17) is 5.11 Å². The minimum Gasteiger partial charge on any atom is -0.480 e. The van der Waals surface area contributed by atoms with E-state index in [1.54, 1.807) is 11.6 Å². The molecule has 0 aliphatic carbocycles. The number of hydrogen-bond donors (Lipinski definition) is 1. The van der Waals surface area contributed by atoms with Crippen LogP contribution in [0.2, 0.25) is 0 Å². The molecule has 1 aromatic heterocycles. The molecule has 1 fully saturated rings. The van der Waals surface area contributed by atoms with E-state index in [1.165, 1.54) is 5.56 Å². The van der Waals surface area contributed by atoms with Crippen molar-refractivity contribution < 1.29 is 9.90 Å². The Morgan fingerprint density at radius 3 is 2.61 bits per heavy atom. The summed E-state index contributed by atoms with van der Waals surface area (Å²) in [5.41, 5.74) is 1.21. The lowest BCUT2D eigenvalue weighted by Crippen LogP contribution is -2.51. The predicted octanol–water partition coefficient (Wildman–Crippen LogP) is 0.0108.